The molecule has 1 rings (SSSR count). The molecule has 0 bridgehead atoms. The number of allylic oxidation sites excluding steroid dienone is 1. The molecule has 0 spiro atoms. The van der Waals surface area contributed by atoms with E-state index in [1.165, 1.54) is 12.0 Å². The molecule has 22 heavy (non-hydrogen) atoms. The van der Waals surface area contributed by atoms with Crippen molar-refractivity contribution in [2.45, 2.75) is 26.3 Å². The van der Waals surface area contributed by atoms with Crippen molar-refractivity contribution >= 4 is 12.4 Å². The normalized spacial score (nSPS) is 17.9. The van der Waals surface area contributed by atoms with E-state index in [1.54, 1.807) is 20.3 Å². The summed E-state index contributed by atoms with van der Waals surface area (Å²) in [6.07, 6.45) is 3.95. The summed E-state index contributed by atoms with van der Waals surface area (Å²) in [7, 11) is 3.08. The van der Waals surface area contributed by atoms with Crippen molar-refractivity contribution in [3.63, 3.8) is 0 Å². The first-order valence-corrected chi connectivity index (χ1v) is 7.06. The number of nitrogens with two attached hydrogens (primary N) is 1. The monoisotopic (exact) mass is 311 g/mol. The average molecular weight is 311 g/mol. The molecule has 124 valence electrons. The van der Waals surface area contributed by atoms with Gasteiger partial charge in [-0.1, -0.05) is 0 Å². The van der Waals surface area contributed by atoms with Gasteiger partial charge < -0.3 is 25.1 Å². The molecular weight excluding hydrogens is 286 g/mol. The van der Waals surface area contributed by atoms with Crippen LogP contribution >= 0.6 is 0 Å². The van der Waals surface area contributed by atoms with Crippen LogP contribution in [0.4, 0.5) is 4.79 Å². The predicted octanol–water partition coefficient (Wildman–Crippen LogP) is 0.690. The van der Waals surface area contributed by atoms with Crippen LogP contribution in [-0.4, -0.2) is 50.6 Å². The third-order valence-corrected chi connectivity index (χ3v) is 3.32. The van der Waals surface area contributed by atoms with Gasteiger partial charge in [0, 0.05) is 20.1 Å². The van der Waals surface area contributed by atoms with E-state index in [1.807, 2.05) is 13.0 Å². The Morgan fingerprint density at radius 1 is 1.64 bits per heavy atom. The largest absolute Gasteiger partial charge is 0.453 e. The Balaban J connectivity index is 2.48. The molecule has 0 aromatic rings. The molecule has 0 aromatic heterocycles. The first-order chi connectivity index (χ1) is 10.5. The van der Waals surface area contributed by atoms with Crippen molar-refractivity contribution in [1.82, 2.24) is 15.5 Å². The Hall–Kier alpha value is -2.22. The minimum atomic E-state index is -0.333. The first kappa shape index (κ1) is 17.8. The second-order valence-electron chi connectivity index (χ2n) is 4.99. The fraction of sp³-hybridized carbons (Fsp3) is 0.571. The lowest BCUT2D eigenvalue weighted by molar-refractivity contribution is 0.133. The second-order valence-corrected chi connectivity index (χ2v) is 4.99. The van der Waals surface area contributed by atoms with Crippen molar-refractivity contribution in [3.05, 3.63) is 23.2 Å². The van der Waals surface area contributed by atoms with Crippen molar-refractivity contribution in [1.29, 1.82) is 0 Å². The molecule has 1 unspecified atom stereocenters. The lowest BCUT2D eigenvalue weighted by Gasteiger charge is -2.22. The molecule has 8 heteroatoms. The molecule has 0 aromatic carbocycles. The minimum absolute atomic E-state index is 0.106. The Morgan fingerprint density at radius 3 is 3.00 bits per heavy atom. The quantitative estimate of drug-likeness (QED) is 0.363. The van der Waals surface area contributed by atoms with Crippen LogP contribution in [0.15, 0.2) is 28.2 Å². The molecule has 4 N–H and O–H groups in total. The van der Waals surface area contributed by atoms with Gasteiger partial charge in [0.2, 0.25) is 0 Å². The summed E-state index contributed by atoms with van der Waals surface area (Å²) in [6, 6.07) is -0.106. The van der Waals surface area contributed by atoms with Gasteiger partial charge in [0.1, 0.15) is 11.6 Å². The third kappa shape index (κ3) is 5.28. The van der Waals surface area contributed by atoms with Crippen molar-refractivity contribution in [2.24, 2.45) is 10.9 Å². The summed E-state index contributed by atoms with van der Waals surface area (Å²) in [5.41, 5.74) is 1.04. The number of aliphatic imine (C=N–C) groups is 1. The van der Waals surface area contributed by atoms with Crippen LogP contribution in [0.3, 0.4) is 0 Å². The number of rotatable bonds is 7. The summed E-state index contributed by atoms with van der Waals surface area (Å²) < 4.78 is 4.64. The average Bonchev–Trinajstić information content (AvgIpc) is 2.53. The molecule has 1 amide bonds. The number of methoxy groups -OCH3 is 1. The Bertz CT molecular complexity index is 473. The van der Waals surface area contributed by atoms with Crippen LogP contribution in [0.2, 0.25) is 0 Å². The standard InChI is InChI=1S/C14H25N5O3/c1-10(22-15)8-12-11(2)13(18-9-17-12)16-6-5-7-19(3)14(20)21-4/h8-9,12,16H,5-7,15H2,1-4H3,(H,17,18)/b10-8+. The lowest BCUT2D eigenvalue weighted by Crippen LogP contribution is -2.35. The van der Waals surface area contributed by atoms with Gasteiger partial charge in [-0.15, -0.1) is 0 Å². The van der Waals surface area contributed by atoms with E-state index in [0.717, 1.165) is 24.4 Å². The van der Waals surface area contributed by atoms with Crippen LogP contribution < -0.4 is 16.5 Å². The van der Waals surface area contributed by atoms with E-state index in [4.69, 9.17) is 5.90 Å². The minimum Gasteiger partial charge on any atom is -0.453 e. The third-order valence-electron chi connectivity index (χ3n) is 3.32. The fourth-order valence-corrected chi connectivity index (χ4v) is 1.95. The molecule has 1 aliphatic rings. The zero-order chi connectivity index (χ0) is 16.5. The number of ether oxygens (including phenoxy) is 1. The topological polar surface area (TPSA) is 101 Å². The second kappa shape index (κ2) is 8.93. The molecule has 8 nitrogen and oxygen atoms in total. The van der Waals surface area contributed by atoms with Gasteiger partial charge in [-0.2, -0.15) is 5.90 Å². The van der Waals surface area contributed by atoms with Crippen LogP contribution in [0.5, 0.6) is 0 Å². The van der Waals surface area contributed by atoms with E-state index >= 15 is 0 Å². The number of nitrogens with zero attached hydrogens (tertiary/aromatic N) is 2. The highest BCUT2D eigenvalue weighted by molar-refractivity contribution is 5.66. The number of carbonyl (C=O) groups is 1. The van der Waals surface area contributed by atoms with Gasteiger partial charge in [0.25, 0.3) is 0 Å². The van der Waals surface area contributed by atoms with Crippen molar-refractivity contribution in [2.75, 3.05) is 27.2 Å². The highest BCUT2D eigenvalue weighted by Gasteiger charge is 2.15. The first-order valence-electron chi connectivity index (χ1n) is 7.06. The number of hydrogen-bond acceptors (Lipinski definition) is 7. The SMILES string of the molecule is COC(=O)N(C)CCCNC1=C(C)C(/C=C(\C)ON)N=CN1. The molecule has 0 aliphatic carbocycles. The molecule has 0 saturated heterocycles. The van der Waals surface area contributed by atoms with Crippen LogP contribution in [-0.2, 0) is 9.57 Å². The molecule has 0 fully saturated rings. The molecular formula is C14H25N5O3. The molecule has 0 radical (unpaired) electrons. The number of hydrogen-bond donors (Lipinski definition) is 3. The van der Waals surface area contributed by atoms with E-state index in [0.29, 0.717) is 12.3 Å². The zero-order valence-electron chi connectivity index (χ0n) is 13.5. The maximum Gasteiger partial charge on any atom is 0.409 e. The van der Waals surface area contributed by atoms with Crippen molar-refractivity contribution in [3.8, 4) is 0 Å². The number of carbonyl (C=O) groups excluding carboxylic acids is 1. The molecule has 1 aliphatic heterocycles. The summed E-state index contributed by atoms with van der Waals surface area (Å²) in [4.78, 5) is 21.8. The van der Waals surface area contributed by atoms with Crippen molar-refractivity contribution < 1.29 is 14.4 Å². The smallest absolute Gasteiger partial charge is 0.409 e. The van der Waals surface area contributed by atoms with Crippen LogP contribution in [0, 0.1) is 0 Å². The van der Waals surface area contributed by atoms with Gasteiger partial charge in [-0.05, 0) is 31.9 Å². The van der Waals surface area contributed by atoms with Gasteiger partial charge in [-0.3, -0.25) is 4.99 Å². The van der Waals surface area contributed by atoms with Gasteiger partial charge in [-0.25, -0.2) is 4.79 Å². The Labute approximate surface area is 131 Å². The molecule has 1 atom stereocenters. The van der Waals surface area contributed by atoms with Crippen LogP contribution in [0.1, 0.15) is 20.3 Å². The molecule has 0 saturated carbocycles. The highest BCUT2D eigenvalue weighted by atomic mass is 16.6. The predicted molar refractivity (Wildman–Crippen MR) is 84.8 cm³/mol. The highest BCUT2D eigenvalue weighted by Crippen LogP contribution is 2.14. The van der Waals surface area contributed by atoms with Gasteiger partial charge >= 0.3 is 6.09 Å². The maximum absolute atomic E-state index is 11.2. The maximum atomic E-state index is 11.2. The Kier molecular flexibility index (Phi) is 7.24. The number of nitrogens with one attached hydrogen (secondary N) is 2. The van der Waals surface area contributed by atoms with E-state index < -0.39 is 0 Å². The Morgan fingerprint density at radius 2 is 2.36 bits per heavy atom. The van der Waals surface area contributed by atoms with Gasteiger partial charge in [0.05, 0.1) is 19.5 Å². The summed E-state index contributed by atoms with van der Waals surface area (Å²) in [5, 5.41) is 6.38. The van der Waals surface area contributed by atoms with E-state index in [-0.39, 0.29) is 12.1 Å². The zero-order valence-corrected chi connectivity index (χ0v) is 13.5. The summed E-state index contributed by atoms with van der Waals surface area (Å²) in [5.74, 6) is 6.64. The summed E-state index contributed by atoms with van der Waals surface area (Å²) in [6.45, 7) is 5.10. The number of amides is 1. The van der Waals surface area contributed by atoms with E-state index in [9.17, 15) is 4.79 Å². The molecule has 1 heterocycles. The summed E-state index contributed by atoms with van der Waals surface area (Å²) >= 11 is 0. The lowest BCUT2D eigenvalue weighted by atomic mass is 10.1. The van der Waals surface area contributed by atoms with Gasteiger partial charge in [0.15, 0.2) is 0 Å². The van der Waals surface area contributed by atoms with E-state index in [2.05, 4.69) is 25.2 Å². The fourth-order valence-electron chi connectivity index (χ4n) is 1.95. The van der Waals surface area contributed by atoms with Crippen LogP contribution in [0.25, 0.3) is 0 Å².